The molecule has 6 heteroatoms. The molecule has 0 aromatic heterocycles. The van der Waals surface area contributed by atoms with Crippen molar-refractivity contribution in [3.63, 3.8) is 0 Å². The fourth-order valence-corrected chi connectivity index (χ4v) is 2.13. The SMILES string of the molecule is CC1=C(C#N)C(c2ccc(C)cc2)NC(=O)N1C(=O)O. The van der Waals surface area contributed by atoms with Crippen LogP contribution in [0.3, 0.4) is 0 Å². The second kappa shape index (κ2) is 5.05. The summed E-state index contributed by atoms with van der Waals surface area (Å²) < 4.78 is 0. The van der Waals surface area contributed by atoms with Gasteiger partial charge in [-0.3, -0.25) is 0 Å². The minimum Gasteiger partial charge on any atom is -0.464 e. The Hall–Kier alpha value is -2.81. The van der Waals surface area contributed by atoms with Crippen LogP contribution in [0, 0.1) is 18.3 Å². The standard InChI is InChI=1S/C14H13N3O3/c1-8-3-5-10(6-4-8)12-11(7-15)9(2)17(14(19)20)13(18)16-12/h3-6,12H,1-2H3,(H,16,18)(H,19,20). The van der Waals surface area contributed by atoms with Gasteiger partial charge in [0.05, 0.1) is 17.7 Å². The molecule has 0 spiro atoms. The highest BCUT2D eigenvalue weighted by Crippen LogP contribution is 2.29. The van der Waals surface area contributed by atoms with E-state index in [1.165, 1.54) is 6.92 Å². The molecule has 6 nitrogen and oxygen atoms in total. The summed E-state index contributed by atoms with van der Waals surface area (Å²) >= 11 is 0. The van der Waals surface area contributed by atoms with Crippen molar-refractivity contribution in [2.24, 2.45) is 0 Å². The summed E-state index contributed by atoms with van der Waals surface area (Å²) in [5.74, 6) is 0. The van der Waals surface area contributed by atoms with Gasteiger partial charge in [-0.15, -0.1) is 0 Å². The van der Waals surface area contributed by atoms with Crippen molar-refractivity contribution in [2.75, 3.05) is 0 Å². The van der Waals surface area contributed by atoms with Crippen molar-refractivity contribution in [1.82, 2.24) is 10.2 Å². The summed E-state index contributed by atoms with van der Waals surface area (Å²) in [4.78, 5) is 23.4. The fourth-order valence-electron chi connectivity index (χ4n) is 2.13. The summed E-state index contributed by atoms with van der Waals surface area (Å²) in [6.45, 7) is 3.38. The summed E-state index contributed by atoms with van der Waals surface area (Å²) in [5.41, 5.74) is 2.15. The number of hydrogen-bond acceptors (Lipinski definition) is 3. The van der Waals surface area contributed by atoms with Crippen LogP contribution in [0.5, 0.6) is 0 Å². The van der Waals surface area contributed by atoms with Crippen molar-refractivity contribution < 1.29 is 14.7 Å². The highest BCUT2D eigenvalue weighted by Gasteiger charge is 2.35. The first-order valence-corrected chi connectivity index (χ1v) is 5.96. The zero-order chi connectivity index (χ0) is 14.9. The third-order valence-corrected chi connectivity index (χ3v) is 3.21. The summed E-state index contributed by atoms with van der Waals surface area (Å²) in [6, 6.07) is 7.96. The van der Waals surface area contributed by atoms with E-state index in [0.717, 1.165) is 11.1 Å². The van der Waals surface area contributed by atoms with Crippen LogP contribution >= 0.6 is 0 Å². The molecule has 0 fully saturated rings. The van der Waals surface area contributed by atoms with Gasteiger partial charge < -0.3 is 10.4 Å². The minimum absolute atomic E-state index is 0.134. The molecule has 1 aliphatic heterocycles. The lowest BCUT2D eigenvalue weighted by atomic mass is 9.95. The molecule has 0 saturated heterocycles. The molecule has 102 valence electrons. The molecule has 1 atom stereocenters. The van der Waals surface area contributed by atoms with Crippen LogP contribution in [0.2, 0.25) is 0 Å². The van der Waals surface area contributed by atoms with Gasteiger partial charge in [0.2, 0.25) is 0 Å². The zero-order valence-electron chi connectivity index (χ0n) is 11.0. The second-order valence-corrected chi connectivity index (χ2v) is 4.52. The molecule has 20 heavy (non-hydrogen) atoms. The Labute approximate surface area is 115 Å². The predicted molar refractivity (Wildman–Crippen MR) is 70.6 cm³/mol. The Morgan fingerprint density at radius 2 is 1.95 bits per heavy atom. The third-order valence-electron chi connectivity index (χ3n) is 3.21. The number of aryl methyl sites for hydroxylation is 1. The van der Waals surface area contributed by atoms with E-state index >= 15 is 0 Å². The number of imide groups is 1. The Bertz CT molecular complexity index is 641. The lowest BCUT2D eigenvalue weighted by Gasteiger charge is -2.30. The number of hydrogen-bond donors (Lipinski definition) is 2. The first-order chi connectivity index (χ1) is 9.45. The number of carboxylic acid groups (broad SMARTS) is 1. The summed E-state index contributed by atoms with van der Waals surface area (Å²) in [5, 5.41) is 20.8. The molecule has 1 aromatic carbocycles. The molecule has 1 aliphatic rings. The van der Waals surface area contributed by atoms with Gasteiger partial charge in [0.1, 0.15) is 0 Å². The maximum atomic E-state index is 11.8. The minimum atomic E-state index is -1.41. The van der Waals surface area contributed by atoms with E-state index in [0.29, 0.717) is 4.90 Å². The number of nitrogens with one attached hydrogen (secondary N) is 1. The quantitative estimate of drug-likeness (QED) is 0.820. The van der Waals surface area contributed by atoms with Crippen LogP contribution in [0.15, 0.2) is 35.5 Å². The Morgan fingerprint density at radius 3 is 2.45 bits per heavy atom. The predicted octanol–water partition coefficient (Wildman–Crippen LogP) is 2.54. The lowest BCUT2D eigenvalue weighted by molar-refractivity contribution is 0.155. The number of carbonyl (C=O) groups excluding carboxylic acids is 1. The number of urea groups is 1. The highest BCUT2D eigenvalue weighted by molar-refractivity contribution is 5.94. The number of nitriles is 1. The number of nitrogens with zero attached hydrogens (tertiary/aromatic N) is 2. The number of amides is 3. The molecule has 0 radical (unpaired) electrons. The van der Waals surface area contributed by atoms with Crippen molar-refractivity contribution in [2.45, 2.75) is 19.9 Å². The second-order valence-electron chi connectivity index (χ2n) is 4.52. The molecule has 1 unspecified atom stereocenters. The van der Waals surface area contributed by atoms with E-state index < -0.39 is 18.2 Å². The average Bonchev–Trinajstić information content (AvgIpc) is 2.38. The summed E-state index contributed by atoms with van der Waals surface area (Å²) in [6.07, 6.45) is -1.41. The lowest BCUT2D eigenvalue weighted by Crippen LogP contribution is -2.48. The van der Waals surface area contributed by atoms with Crippen LogP contribution in [0.25, 0.3) is 0 Å². The molecular formula is C14H13N3O3. The maximum absolute atomic E-state index is 11.8. The molecule has 2 rings (SSSR count). The highest BCUT2D eigenvalue weighted by atomic mass is 16.4. The molecule has 2 N–H and O–H groups in total. The van der Waals surface area contributed by atoms with Crippen LogP contribution in [-0.4, -0.2) is 22.1 Å². The smallest absolute Gasteiger partial charge is 0.419 e. The molecule has 1 heterocycles. The molecule has 0 saturated carbocycles. The van der Waals surface area contributed by atoms with Gasteiger partial charge in [0, 0.05) is 5.70 Å². The number of allylic oxidation sites excluding steroid dienone is 1. The van der Waals surface area contributed by atoms with Crippen LogP contribution < -0.4 is 5.32 Å². The average molecular weight is 271 g/mol. The van der Waals surface area contributed by atoms with Crippen molar-refractivity contribution >= 4 is 12.1 Å². The zero-order valence-corrected chi connectivity index (χ0v) is 11.0. The Kier molecular flexibility index (Phi) is 3.44. The van der Waals surface area contributed by atoms with E-state index in [4.69, 9.17) is 5.11 Å². The first-order valence-electron chi connectivity index (χ1n) is 5.96. The molecule has 0 aliphatic carbocycles. The van der Waals surface area contributed by atoms with E-state index in [9.17, 15) is 14.9 Å². The molecule has 1 aromatic rings. The third kappa shape index (κ3) is 2.21. The Morgan fingerprint density at radius 1 is 1.35 bits per heavy atom. The Balaban J connectivity index is 2.51. The largest absolute Gasteiger partial charge is 0.464 e. The number of benzene rings is 1. The van der Waals surface area contributed by atoms with Crippen molar-refractivity contribution in [1.29, 1.82) is 5.26 Å². The normalized spacial score (nSPS) is 18.6. The van der Waals surface area contributed by atoms with Gasteiger partial charge in [-0.25, -0.2) is 14.5 Å². The van der Waals surface area contributed by atoms with Gasteiger partial charge in [-0.05, 0) is 19.4 Å². The van der Waals surface area contributed by atoms with E-state index in [2.05, 4.69) is 5.32 Å². The monoisotopic (exact) mass is 271 g/mol. The molecule has 0 bridgehead atoms. The van der Waals surface area contributed by atoms with E-state index in [-0.39, 0.29) is 11.3 Å². The van der Waals surface area contributed by atoms with E-state index in [1.54, 1.807) is 12.1 Å². The molecular weight excluding hydrogens is 258 g/mol. The van der Waals surface area contributed by atoms with Gasteiger partial charge in [-0.1, -0.05) is 29.8 Å². The van der Waals surface area contributed by atoms with Crippen molar-refractivity contribution in [3.05, 3.63) is 46.7 Å². The maximum Gasteiger partial charge on any atom is 0.419 e. The van der Waals surface area contributed by atoms with Gasteiger partial charge in [-0.2, -0.15) is 5.26 Å². The van der Waals surface area contributed by atoms with Crippen LogP contribution in [0.4, 0.5) is 9.59 Å². The summed E-state index contributed by atoms with van der Waals surface area (Å²) in [7, 11) is 0. The molecule has 3 amide bonds. The fraction of sp³-hybridized carbons (Fsp3) is 0.214. The van der Waals surface area contributed by atoms with Gasteiger partial charge in [0.25, 0.3) is 0 Å². The van der Waals surface area contributed by atoms with Gasteiger partial charge >= 0.3 is 12.1 Å². The topological polar surface area (TPSA) is 93.4 Å². The number of rotatable bonds is 1. The first kappa shape index (κ1) is 13.6. The van der Waals surface area contributed by atoms with Crippen LogP contribution in [0.1, 0.15) is 24.1 Å². The van der Waals surface area contributed by atoms with Crippen molar-refractivity contribution in [3.8, 4) is 6.07 Å². The van der Waals surface area contributed by atoms with Crippen LogP contribution in [-0.2, 0) is 0 Å². The van der Waals surface area contributed by atoms with Gasteiger partial charge in [0.15, 0.2) is 0 Å². The number of carbonyl (C=O) groups is 2. The van der Waals surface area contributed by atoms with E-state index in [1.807, 2.05) is 25.1 Å².